The fourth-order valence-corrected chi connectivity index (χ4v) is 4.49. The average molecular weight is 543 g/mol. The normalized spacial score (nSPS) is 11.9. The number of rotatable bonds is 30. The molecule has 222 valence electrons. The second-order valence-electron chi connectivity index (χ2n) is 10.4. The number of aliphatic carboxylic acids is 2. The van der Waals surface area contributed by atoms with E-state index in [2.05, 4.69) is 0 Å². The van der Waals surface area contributed by atoms with Crippen LogP contribution in [0.4, 0.5) is 0 Å². The molecular weight excluding hydrogens is 488 g/mol. The van der Waals surface area contributed by atoms with Crippen molar-refractivity contribution in [3.05, 3.63) is 0 Å². The van der Waals surface area contributed by atoms with Gasteiger partial charge in [-0.05, 0) is 25.7 Å². The molecular formula is C30H54O8. The molecule has 38 heavy (non-hydrogen) atoms. The molecule has 8 heteroatoms. The van der Waals surface area contributed by atoms with Gasteiger partial charge in [-0.25, -0.2) is 0 Å². The van der Waals surface area contributed by atoms with Crippen LogP contribution in [0.25, 0.3) is 0 Å². The third-order valence-corrected chi connectivity index (χ3v) is 6.87. The first-order valence-electron chi connectivity index (χ1n) is 14.9. The Morgan fingerprint density at radius 3 is 1.50 bits per heavy atom. The van der Waals surface area contributed by atoms with Gasteiger partial charge in [-0.2, -0.15) is 0 Å². The van der Waals surface area contributed by atoms with Gasteiger partial charge in [0.1, 0.15) is 11.6 Å². The Morgan fingerprint density at radius 2 is 1.03 bits per heavy atom. The number of ketones is 2. The molecule has 0 fully saturated rings. The molecule has 0 amide bonds. The molecule has 0 rings (SSSR count). The predicted octanol–water partition coefficient (Wildman–Crippen LogP) is 6.77. The Morgan fingerprint density at radius 1 is 0.553 bits per heavy atom. The van der Waals surface area contributed by atoms with E-state index in [-0.39, 0.29) is 30.8 Å². The van der Waals surface area contributed by atoms with Crippen molar-refractivity contribution in [1.29, 1.82) is 0 Å². The number of carboxylic acids is 2. The summed E-state index contributed by atoms with van der Waals surface area (Å²) in [6.07, 6.45) is 17.9. The minimum absolute atomic E-state index is 0.0155. The fraction of sp³-hybridized carbons (Fsp3) is 0.867. The highest BCUT2D eigenvalue weighted by atomic mass is 16.5. The summed E-state index contributed by atoms with van der Waals surface area (Å²) in [5.74, 6) is -2.47. The molecule has 0 spiro atoms. The van der Waals surface area contributed by atoms with Crippen LogP contribution in [0, 0.1) is 5.92 Å². The number of unbranched alkanes of at least 4 members (excludes halogenated alkanes) is 13. The molecule has 8 nitrogen and oxygen atoms in total. The number of carboxylic acid groups (broad SMARTS) is 2. The molecule has 0 aromatic rings. The maximum atomic E-state index is 12.3. The van der Waals surface area contributed by atoms with Crippen LogP contribution in [0.5, 0.6) is 0 Å². The molecule has 0 aromatic carbocycles. The monoisotopic (exact) mass is 542 g/mol. The average Bonchev–Trinajstić information content (AvgIpc) is 2.87. The molecule has 0 radical (unpaired) electrons. The van der Waals surface area contributed by atoms with E-state index in [0.717, 1.165) is 38.5 Å². The topological polar surface area (TPSA) is 127 Å². The van der Waals surface area contributed by atoms with Gasteiger partial charge in [0.15, 0.2) is 0 Å². The zero-order valence-electron chi connectivity index (χ0n) is 23.9. The van der Waals surface area contributed by atoms with E-state index in [1.165, 1.54) is 51.4 Å². The highest BCUT2D eigenvalue weighted by molar-refractivity contribution is 5.84. The van der Waals surface area contributed by atoms with Crippen LogP contribution in [0.3, 0.4) is 0 Å². The molecule has 0 bridgehead atoms. The van der Waals surface area contributed by atoms with Crippen LogP contribution in [0.2, 0.25) is 0 Å². The van der Waals surface area contributed by atoms with E-state index in [1.54, 1.807) is 7.11 Å². The number of hydrogen-bond acceptors (Lipinski definition) is 6. The molecule has 0 aromatic heterocycles. The molecule has 0 unspecified atom stereocenters. The van der Waals surface area contributed by atoms with Crippen molar-refractivity contribution in [2.24, 2.45) is 5.92 Å². The van der Waals surface area contributed by atoms with Gasteiger partial charge < -0.3 is 19.7 Å². The van der Waals surface area contributed by atoms with Crippen LogP contribution in [-0.4, -0.2) is 60.6 Å². The van der Waals surface area contributed by atoms with Crippen LogP contribution >= 0.6 is 0 Å². The van der Waals surface area contributed by atoms with Crippen LogP contribution in [0.15, 0.2) is 0 Å². The van der Waals surface area contributed by atoms with E-state index in [1.807, 2.05) is 0 Å². The standard InChI is InChI=1S/C30H54O8/c1-37-23-24-38-22-16-18-27(31)21-20-26(30(35)36)25-28(32)17-14-12-10-8-6-4-2-3-5-7-9-11-13-15-19-29(33)34/h26H,2-25H2,1H3,(H,33,34)(H,35,36)/t26-/m1/s1. The number of carbonyl (C=O) groups excluding carboxylic acids is 2. The fourth-order valence-electron chi connectivity index (χ4n) is 4.49. The first-order valence-corrected chi connectivity index (χ1v) is 14.9. The number of Topliss-reactive ketones (excluding diaryl/α,β-unsaturated/α-hetero) is 2. The summed E-state index contributed by atoms with van der Waals surface area (Å²) in [6, 6.07) is 0. The summed E-state index contributed by atoms with van der Waals surface area (Å²) < 4.78 is 10.2. The Hall–Kier alpha value is -1.80. The quantitative estimate of drug-likeness (QED) is 0.0952. The van der Waals surface area contributed by atoms with Gasteiger partial charge in [0.25, 0.3) is 0 Å². The minimum atomic E-state index is -0.996. The molecule has 0 saturated heterocycles. The van der Waals surface area contributed by atoms with Gasteiger partial charge in [-0.1, -0.05) is 77.0 Å². The Balaban J connectivity index is 3.63. The molecule has 0 aliphatic rings. The molecule has 0 aliphatic carbocycles. The van der Waals surface area contributed by atoms with Crippen LogP contribution < -0.4 is 0 Å². The van der Waals surface area contributed by atoms with Gasteiger partial charge in [0.05, 0.1) is 19.1 Å². The first kappa shape index (κ1) is 36.2. The second kappa shape index (κ2) is 26.8. The number of hydrogen-bond donors (Lipinski definition) is 2. The second-order valence-corrected chi connectivity index (χ2v) is 10.4. The third-order valence-electron chi connectivity index (χ3n) is 6.87. The molecule has 1 atom stereocenters. The van der Waals surface area contributed by atoms with E-state index < -0.39 is 17.9 Å². The van der Waals surface area contributed by atoms with E-state index in [0.29, 0.717) is 45.5 Å². The van der Waals surface area contributed by atoms with Crippen molar-refractivity contribution in [3.63, 3.8) is 0 Å². The summed E-state index contributed by atoms with van der Waals surface area (Å²) in [5.41, 5.74) is 0. The zero-order valence-corrected chi connectivity index (χ0v) is 23.9. The smallest absolute Gasteiger partial charge is 0.306 e. The summed E-state index contributed by atoms with van der Waals surface area (Å²) in [7, 11) is 1.60. The van der Waals surface area contributed by atoms with Crippen LogP contribution in [0.1, 0.15) is 135 Å². The summed E-state index contributed by atoms with van der Waals surface area (Å²) in [6.45, 7) is 1.50. The summed E-state index contributed by atoms with van der Waals surface area (Å²) >= 11 is 0. The number of carbonyl (C=O) groups is 4. The van der Waals surface area contributed by atoms with Gasteiger partial charge in [0.2, 0.25) is 0 Å². The predicted molar refractivity (Wildman–Crippen MR) is 148 cm³/mol. The minimum Gasteiger partial charge on any atom is -0.481 e. The van der Waals surface area contributed by atoms with Crippen molar-refractivity contribution in [3.8, 4) is 0 Å². The van der Waals surface area contributed by atoms with Crippen LogP contribution in [-0.2, 0) is 28.7 Å². The van der Waals surface area contributed by atoms with E-state index >= 15 is 0 Å². The molecule has 0 aliphatic heterocycles. The van der Waals surface area contributed by atoms with Gasteiger partial charge in [-0.15, -0.1) is 0 Å². The van der Waals surface area contributed by atoms with Crippen molar-refractivity contribution >= 4 is 23.5 Å². The van der Waals surface area contributed by atoms with Gasteiger partial charge in [-0.3, -0.25) is 19.2 Å². The third kappa shape index (κ3) is 25.8. The Kier molecular flexibility index (Phi) is 25.5. The van der Waals surface area contributed by atoms with Crippen molar-refractivity contribution in [2.45, 2.75) is 135 Å². The Labute approximate surface area is 230 Å². The number of methoxy groups -OCH3 is 1. The lowest BCUT2D eigenvalue weighted by Crippen LogP contribution is -2.19. The Bertz CT molecular complexity index is 619. The lowest BCUT2D eigenvalue weighted by atomic mass is 9.93. The molecule has 0 saturated carbocycles. The van der Waals surface area contributed by atoms with Gasteiger partial charge >= 0.3 is 11.9 Å². The molecule has 2 N–H and O–H groups in total. The summed E-state index contributed by atoms with van der Waals surface area (Å²) in [5, 5.41) is 18.0. The largest absolute Gasteiger partial charge is 0.481 e. The maximum absolute atomic E-state index is 12.3. The van der Waals surface area contributed by atoms with Crippen molar-refractivity contribution < 1.29 is 38.9 Å². The molecule has 0 heterocycles. The maximum Gasteiger partial charge on any atom is 0.306 e. The van der Waals surface area contributed by atoms with E-state index in [9.17, 15) is 24.3 Å². The lowest BCUT2D eigenvalue weighted by molar-refractivity contribution is -0.144. The summed E-state index contributed by atoms with van der Waals surface area (Å²) in [4.78, 5) is 46.3. The first-order chi connectivity index (χ1) is 18.4. The van der Waals surface area contributed by atoms with E-state index in [4.69, 9.17) is 14.6 Å². The van der Waals surface area contributed by atoms with Gasteiger partial charge in [0, 0.05) is 45.8 Å². The number of ether oxygens (including phenoxy) is 2. The highest BCUT2D eigenvalue weighted by Gasteiger charge is 2.21. The highest BCUT2D eigenvalue weighted by Crippen LogP contribution is 2.17. The SMILES string of the molecule is COCCOCCCC(=O)CC[C@H](CC(=O)CCCCCCCCCCCCCCCCC(=O)O)C(=O)O. The van der Waals surface area contributed by atoms with Crippen molar-refractivity contribution in [1.82, 2.24) is 0 Å². The zero-order chi connectivity index (χ0) is 28.3. The lowest BCUT2D eigenvalue weighted by Gasteiger charge is -2.11. The van der Waals surface area contributed by atoms with Crippen molar-refractivity contribution in [2.75, 3.05) is 26.9 Å².